The van der Waals surface area contributed by atoms with Crippen molar-refractivity contribution in [2.45, 2.75) is 0 Å². The van der Waals surface area contributed by atoms with Gasteiger partial charge in [-0.05, 0) is 44.2 Å². The van der Waals surface area contributed by atoms with Crippen LogP contribution in [0.25, 0.3) is 11.1 Å². The molecular weight excluding hydrogens is 392 g/mol. The van der Waals surface area contributed by atoms with Crippen LogP contribution in [-0.4, -0.2) is 0 Å². The second-order valence-electron chi connectivity index (χ2n) is 7.01. The van der Waals surface area contributed by atoms with E-state index in [0.717, 1.165) is 0 Å². The lowest BCUT2D eigenvalue weighted by Crippen LogP contribution is -1.97. The van der Waals surface area contributed by atoms with Crippen LogP contribution in [0.4, 0.5) is 0 Å². The van der Waals surface area contributed by atoms with Crippen LogP contribution in [0.15, 0.2) is 144 Å². The first-order chi connectivity index (χ1) is 15.4. The van der Waals surface area contributed by atoms with Gasteiger partial charge in [0.1, 0.15) is 0 Å². The highest BCUT2D eigenvalue weighted by atomic mass is 32.1. The second-order valence-corrected chi connectivity index (χ2v) is 7.82. The van der Waals surface area contributed by atoms with Crippen molar-refractivity contribution in [2.75, 3.05) is 0 Å². The van der Waals surface area contributed by atoms with Gasteiger partial charge in [-0.2, -0.15) is 11.3 Å². The Hall–Kier alpha value is -3.68. The van der Waals surface area contributed by atoms with Crippen LogP contribution >= 0.6 is 11.3 Å². The summed E-state index contributed by atoms with van der Waals surface area (Å²) in [5, 5.41) is 4.08. The van der Waals surface area contributed by atoms with Gasteiger partial charge in [-0.3, -0.25) is 0 Å². The molecule has 0 aliphatic heterocycles. The molecule has 0 saturated heterocycles. The Balaban J connectivity index is 0.000000407. The first-order valence-electron chi connectivity index (χ1n) is 10.4. The molecule has 1 aromatic heterocycles. The fourth-order valence-electron chi connectivity index (χ4n) is 3.56. The van der Waals surface area contributed by atoms with Crippen LogP contribution in [0.1, 0.15) is 22.3 Å². The van der Waals surface area contributed by atoms with Crippen LogP contribution in [0.5, 0.6) is 0 Å². The fraction of sp³-hybridized carbons (Fsp3) is 0. The Bertz CT molecular complexity index is 990. The van der Waals surface area contributed by atoms with E-state index in [9.17, 15) is 0 Å². The molecule has 0 unspecified atom stereocenters. The van der Waals surface area contributed by atoms with E-state index < -0.39 is 0 Å². The monoisotopic (exact) mass is 416 g/mol. The number of benzene rings is 4. The standard InChI is InChI=1S/C26H20.C4H4S/c1-5-13-21(14-6-1)25(22-15-7-2-8-16-22)26(23-17-9-3-10-18-23)24-19-11-4-12-20-24;1-2-4-5-3-1/h1-20H;1-4H. The van der Waals surface area contributed by atoms with Crippen LogP contribution < -0.4 is 0 Å². The van der Waals surface area contributed by atoms with E-state index in [1.54, 1.807) is 11.3 Å². The minimum Gasteiger partial charge on any atom is -0.152 e. The smallest absolute Gasteiger partial charge is 0.00268 e. The van der Waals surface area contributed by atoms with Gasteiger partial charge in [0.15, 0.2) is 0 Å². The molecule has 0 nitrogen and oxygen atoms in total. The normalized spacial score (nSPS) is 9.94. The van der Waals surface area contributed by atoms with Crippen molar-refractivity contribution in [3.63, 3.8) is 0 Å². The molecular formula is C30H24S. The molecule has 0 N–H and O–H groups in total. The number of hydrogen-bond donors (Lipinski definition) is 0. The van der Waals surface area contributed by atoms with Gasteiger partial charge in [-0.1, -0.05) is 133 Å². The molecule has 0 aliphatic rings. The third kappa shape index (κ3) is 5.48. The quantitative estimate of drug-likeness (QED) is 0.258. The Kier molecular flexibility index (Phi) is 7.25. The molecule has 0 aliphatic carbocycles. The summed E-state index contributed by atoms with van der Waals surface area (Å²) in [6.45, 7) is 0. The van der Waals surface area contributed by atoms with Crippen LogP contribution in [0, 0.1) is 0 Å². The summed E-state index contributed by atoms with van der Waals surface area (Å²) in [6.07, 6.45) is 0. The molecule has 150 valence electrons. The molecule has 0 saturated carbocycles. The van der Waals surface area contributed by atoms with Gasteiger partial charge >= 0.3 is 0 Å². The van der Waals surface area contributed by atoms with Crippen molar-refractivity contribution in [1.82, 2.24) is 0 Å². The lowest BCUT2D eigenvalue weighted by molar-refractivity contribution is 1.50. The Labute approximate surface area is 188 Å². The average Bonchev–Trinajstić information content (AvgIpc) is 3.45. The predicted molar refractivity (Wildman–Crippen MR) is 135 cm³/mol. The van der Waals surface area contributed by atoms with E-state index in [2.05, 4.69) is 121 Å². The van der Waals surface area contributed by atoms with Crippen molar-refractivity contribution in [3.8, 4) is 0 Å². The molecule has 0 spiro atoms. The van der Waals surface area contributed by atoms with Gasteiger partial charge in [-0.25, -0.2) is 0 Å². The SMILES string of the molecule is c1ccc(C(=C(c2ccccc2)c2ccccc2)c2ccccc2)cc1.c1ccsc1. The number of thiophene rings is 1. The maximum atomic E-state index is 2.19. The highest BCUT2D eigenvalue weighted by Crippen LogP contribution is 2.36. The molecule has 1 heterocycles. The molecule has 0 atom stereocenters. The molecule has 0 radical (unpaired) electrons. The highest BCUT2D eigenvalue weighted by molar-refractivity contribution is 7.07. The van der Waals surface area contributed by atoms with Crippen LogP contribution in [0.2, 0.25) is 0 Å². The maximum absolute atomic E-state index is 2.19. The summed E-state index contributed by atoms with van der Waals surface area (Å²) >= 11 is 1.71. The van der Waals surface area contributed by atoms with E-state index in [1.807, 2.05) is 22.9 Å². The zero-order valence-electron chi connectivity index (χ0n) is 17.3. The van der Waals surface area contributed by atoms with Crippen molar-refractivity contribution in [1.29, 1.82) is 0 Å². The summed E-state index contributed by atoms with van der Waals surface area (Å²) in [5.41, 5.74) is 7.40. The first-order valence-corrected chi connectivity index (χ1v) is 11.3. The number of hydrogen-bond acceptors (Lipinski definition) is 1. The summed E-state index contributed by atoms with van der Waals surface area (Å²) in [5.74, 6) is 0. The van der Waals surface area contributed by atoms with Gasteiger partial charge in [0.25, 0.3) is 0 Å². The molecule has 5 aromatic rings. The first kappa shape index (κ1) is 20.6. The van der Waals surface area contributed by atoms with Crippen LogP contribution in [0.3, 0.4) is 0 Å². The van der Waals surface area contributed by atoms with Gasteiger partial charge in [0.05, 0.1) is 0 Å². The average molecular weight is 417 g/mol. The summed E-state index contributed by atoms with van der Waals surface area (Å²) in [6, 6.07) is 46.6. The molecule has 31 heavy (non-hydrogen) atoms. The van der Waals surface area contributed by atoms with E-state index in [4.69, 9.17) is 0 Å². The molecule has 0 amide bonds. The van der Waals surface area contributed by atoms with Crippen molar-refractivity contribution in [2.24, 2.45) is 0 Å². The van der Waals surface area contributed by atoms with Gasteiger partial charge < -0.3 is 0 Å². The lowest BCUT2D eigenvalue weighted by atomic mass is 9.86. The third-order valence-corrected chi connectivity index (χ3v) is 5.55. The zero-order valence-corrected chi connectivity index (χ0v) is 18.1. The summed E-state index contributed by atoms with van der Waals surface area (Å²) in [7, 11) is 0. The molecule has 4 aromatic carbocycles. The van der Waals surface area contributed by atoms with Crippen molar-refractivity contribution >= 4 is 22.5 Å². The van der Waals surface area contributed by atoms with Gasteiger partial charge in [0, 0.05) is 0 Å². The minimum absolute atomic E-state index is 1.22. The second kappa shape index (κ2) is 10.9. The van der Waals surface area contributed by atoms with E-state index >= 15 is 0 Å². The van der Waals surface area contributed by atoms with Crippen molar-refractivity contribution in [3.05, 3.63) is 166 Å². The highest BCUT2D eigenvalue weighted by Gasteiger charge is 2.15. The topological polar surface area (TPSA) is 0 Å². The predicted octanol–water partition coefficient (Wildman–Crippen LogP) is 8.44. The number of rotatable bonds is 4. The fourth-order valence-corrected chi connectivity index (χ4v) is 4.01. The molecule has 0 bridgehead atoms. The van der Waals surface area contributed by atoms with Gasteiger partial charge in [0.2, 0.25) is 0 Å². The van der Waals surface area contributed by atoms with Crippen LogP contribution in [-0.2, 0) is 0 Å². The molecule has 5 rings (SSSR count). The third-order valence-electron chi connectivity index (χ3n) is 4.93. The van der Waals surface area contributed by atoms with Gasteiger partial charge in [-0.15, -0.1) is 0 Å². The summed E-state index contributed by atoms with van der Waals surface area (Å²) < 4.78 is 0. The van der Waals surface area contributed by atoms with E-state index in [1.165, 1.54) is 33.4 Å². The summed E-state index contributed by atoms with van der Waals surface area (Å²) in [4.78, 5) is 0. The zero-order chi connectivity index (χ0) is 21.1. The van der Waals surface area contributed by atoms with E-state index in [-0.39, 0.29) is 0 Å². The van der Waals surface area contributed by atoms with E-state index in [0.29, 0.717) is 0 Å². The minimum atomic E-state index is 1.22. The Morgan fingerprint density at radius 3 is 0.774 bits per heavy atom. The largest absolute Gasteiger partial charge is 0.152 e. The maximum Gasteiger partial charge on any atom is -0.00268 e. The Morgan fingerprint density at radius 2 is 0.581 bits per heavy atom. The molecule has 0 fully saturated rings. The molecule has 1 heteroatoms. The lowest BCUT2D eigenvalue weighted by Gasteiger charge is -2.18. The van der Waals surface area contributed by atoms with Crippen molar-refractivity contribution < 1.29 is 0 Å². The Morgan fingerprint density at radius 1 is 0.323 bits per heavy atom.